The highest BCUT2D eigenvalue weighted by Crippen LogP contribution is 2.43. The molecule has 1 amide bonds. The van der Waals surface area contributed by atoms with E-state index < -0.39 is 40.5 Å². The second kappa shape index (κ2) is 16.7. The van der Waals surface area contributed by atoms with Gasteiger partial charge in [0.2, 0.25) is 11.7 Å². The largest absolute Gasteiger partial charge is 0.387 e. The van der Waals surface area contributed by atoms with Crippen LogP contribution in [0.3, 0.4) is 0 Å². The molecule has 1 aromatic rings. The molecular formula is C39H55ClN2O6. The first kappa shape index (κ1) is 37.9. The number of halogens is 1. The van der Waals surface area contributed by atoms with Gasteiger partial charge in [-0.2, -0.15) is 0 Å². The number of carbonyl (C=O) groups is 5. The van der Waals surface area contributed by atoms with Crippen molar-refractivity contribution in [2.45, 2.75) is 143 Å². The smallest absolute Gasteiger partial charge is 0.227 e. The van der Waals surface area contributed by atoms with E-state index in [1.165, 1.54) is 6.42 Å². The lowest BCUT2D eigenvalue weighted by atomic mass is 9.75. The Balaban J connectivity index is 1.60. The number of unbranched alkanes of at least 4 members (excludes halogenated alkanes) is 1. The van der Waals surface area contributed by atoms with E-state index in [2.05, 4.69) is 5.16 Å². The van der Waals surface area contributed by atoms with E-state index in [1.54, 1.807) is 11.0 Å². The van der Waals surface area contributed by atoms with Gasteiger partial charge in [0.25, 0.3) is 0 Å². The molecule has 1 aliphatic carbocycles. The van der Waals surface area contributed by atoms with Crippen molar-refractivity contribution in [3.63, 3.8) is 0 Å². The molecule has 8 nitrogen and oxygen atoms in total. The molecule has 2 aliphatic heterocycles. The number of rotatable bonds is 16. The first-order valence-corrected chi connectivity index (χ1v) is 18.6. The average molecular weight is 683 g/mol. The van der Waals surface area contributed by atoms with Crippen molar-refractivity contribution < 1.29 is 28.8 Å². The van der Waals surface area contributed by atoms with E-state index in [0.717, 1.165) is 37.7 Å². The third-order valence-corrected chi connectivity index (χ3v) is 10.8. The van der Waals surface area contributed by atoms with Crippen LogP contribution in [0.5, 0.6) is 0 Å². The Morgan fingerprint density at radius 1 is 1.04 bits per heavy atom. The standard InChI is InChI=1S/C39H55ClN2O6/c1-6-8-18-34(44)36(46)28(13-7-2)21-35(45)33-24-39(23-32(41-48-39)27-16-12-17-29(40)20-27)25-42(33)37(47)31(38(3,4)5)22-30(43)19-26-14-10-9-11-15-26/h12,16-17,20,26,28,31,33H,6-11,13-15,18-19,21-25H2,1-5H3/t28-,31-,33+,39-/m1/s1. The van der Waals surface area contributed by atoms with Gasteiger partial charge in [0.05, 0.1) is 18.3 Å². The fourth-order valence-corrected chi connectivity index (χ4v) is 7.93. The van der Waals surface area contributed by atoms with Crippen LogP contribution >= 0.6 is 11.6 Å². The number of hydrogen-bond acceptors (Lipinski definition) is 7. The quantitative estimate of drug-likeness (QED) is 0.163. The highest BCUT2D eigenvalue weighted by molar-refractivity contribution is 6.38. The van der Waals surface area contributed by atoms with E-state index in [0.29, 0.717) is 48.8 Å². The molecule has 264 valence electrons. The molecular weight excluding hydrogens is 628 g/mol. The summed E-state index contributed by atoms with van der Waals surface area (Å²) in [5, 5.41) is 4.97. The van der Waals surface area contributed by atoms with Crippen molar-refractivity contribution in [1.29, 1.82) is 0 Å². The maximum atomic E-state index is 14.6. The Hall–Kier alpha value is -2.87. The second-order valence-corrected chi connectivity index (χ2v) is 16.0. The summed E-state index contributed by atoms with van der Waals surface area (Å²) in [5.74, 6) is -2.31. The predicted octanol–water partition coefficient (Wildman–Crippen LogP) is 8.10. The third kappa shape index (κ3) is 9.64. The third-order valence-electron chi connectivity index (χ3n) is 10.6. The van der Waals surface area contributed by atoms with Crippen molar-refractivity contribution in [2.75, 3.05) is 6.54 Å². The lowest BCUT2D eigenvalue weighted by molar-refractivity contribution is -0.147. The van der Waals surface area contributed by atoms with Crippen molar-refractivity contribution in [1.82, 2.24) is 4.90 Å². The molecule has 1 aromatic carbocycles. The number of amides is 1. The van der Waals surface area contributed by atoms with Crippen molar-refractivity contribution >= 4 is 46.4 Å². The Morgan fingerprint density at radius 2 is 1.77 bits per heavy atom. The lowest BCUT2D eigenvalue weighted by Gasteiger charge is -2.35. The Bertz CT molecular complexity index is 1380. The van der Waals surface area contributed by atoms with Gasteiger partial charge in [-0.1, -0.05) is 108 Å². The van der Waals surface area contributed by atoms with Gasteiger partial charge >= 0.3 is 0 Å². The number of likely N-dealkylation sites (tertiary alicyclic amines) is 1. The van der Waals surface area contributed by atoms with Crippen LogP contribution in [0.15, 0.2) is 29.4 Å². The van der Waals surface area contributed by atoms with Gasteiger partial charge in [-0.25, -0.2) is 0 Å². The molecule has 0 bridgehead atoms. The zero-order valence-corrected chi connectivity index (χ0v) is 30.4. The van der Waals surface area contributed by atoms with Crippen LogP contribution in [0.1, 0.15) is 136 Å². The lowest BCUT2D eigenvalue weighted by Crippen LogP contribution is -2.48. The number of hydrogen-bond donors (Lipinski definition) is 0. The molecule has 9 heteroatoms. The van der Waals surface area contributed by atoms with E-state index in [-0.39, 0.29) is 49.7 Å². The molecule has 0 N–H and O–H groups in total. The number of carbonyl (C=O) groups excluding carboxylic acids is 5. The number of nitrogens with zero attached hydrogens (tertiary/aromatic N) is 2. The molecule has 1 spiro atoms. The highest BCUT2D eigenvalue weighted by atomic mass is 35.5. The monoisotopic (exact) mass is 682 g/mol. The molecule has 2 heterocycles. The van der Waals surface area contributed by atoms with Crippen LogP contribution in [0, 0.1) is 23.2 Å². The van der Waals surface area contributed by atoms with Gasteiger partial charge in [0, 0.05) is 60.9 Å². The molecule has 4 atom stereocenters. The summed E-state index contributed by atoms with van der Waals surface area (Å²) in [6.07, 6.45) is 9.38. The first-order valence-electron chi connectivity index (χ1n) is 18.2. The SMILES string of the molecule is CCCCC(=O)C(=O)[C@H](CCC)CC(=O)[C@@H]1C[C@]2(CC(c3cccc(Cl)c3)=NO2)CN1C(=O)[C@@H](CC(=O)CC1CCCCC1)C(C)(C)C. The summed E-state index contributed by atoms with van der Waals surface area (Å²) < 4.78 is 0. The zero-order chi connectivity index (χ0) is 35.1. The van der Waals surface area contributed by atoms with Gasteiger partial charge in [-0.3, -0.25) is 24.0 Å². The molecule has 0 unspecified atom stereocenters. The maximum Gasteiger partial charge on any atom is 0.227 e. The summed E-state index contributed by atoms with van der Waals surface area (Å²) in [6.45, 7) is 9.94. The van der Waals surface area contributed by atoms with Crippen molar-refractivity contribution in [2.24, 2.45) is 28.3 Å². The minimum atomic E-state index is -0.927. The second-order valence-electron chi connectivity index (χ2n) is 15.6. The van der Waals surface area contributed by atoms with Gasteiger partial charge in [-0.15, -0.1) is 0 Å². The van der Waals surface area contributed by atoms with E-state index in [1.807, 2.05) is 52.8 Å². The fraction of sp³-hybridized carbons (Fsp3) is 0.692. The first-order chi connectivity index (χ1) is 22.8. The predicted molar refractivity (Wildman–Crippen MR) is 188 cm³/mol. The Kier molecular flexibility index (Phi) is 13.2. The highest BCUT2D eigenvalue weighted by Gasteiger charge is 2.55. The minimum absolute atomic E-state index is 0.0925. The van der Waals surface area contributed by atoms with Crippen LogP contribution < -0.4 is 0 Å². The number of ketones is 4. The van der Waals surface area contributed by atoms with Crippen LogP contribution in [0.2, 0.25) is 5.02 Å². The summed E-state index contributed by atoms with van der Waals surface area (Å²) in [5.41, 5.74) is 0.0398. The molecule has 1 saturated carbocycles. The normalized spacial score (nSPS) is 22.7. The van der Waals surface area contributed by atoms with Gasteiger partial charge in [0.1, 0.15) is 5.78 Å². The molecule has 1 saturated heterocycles. The molecule has 0 radical (unpaired) electrons. The number of Topliss-reactive ketones (excluding diaryl/α,β-unsaturated/α-hetero) is 4. The van der Waals surface area contributed by atoms with Crippen LogP contribution in [0.25, 0.3) is 0 Å². The molecule has 4 rings (SSSR count). The molecule has 2 fully saturated rings. The zero-order valence-electron chi connectivity index (χ0n) is 29.7. The van der Waals surface area contributed by atoms with Crippen molar-refractivity contribution in [3.05, 3.63) is 34.9 Å². The van der Waals surface area contributed by atoms with E-state index in [4.69, 9.17) is 16.4 Å². The fourth-order valence-electron chi connectivity index (χ4n) is 7.74. The molecule has 48 heavy (non-hydrogen) atoms. The minimum Gasteiger partial charge on any atom is -0.387 e. The van der Waals surface area contributed by atoms with Crippen molar-refractivity contribution in [3.8, 4) is 0 Å². The van der Waals surface area contributed by atoms with E-state index >= 15 is 0 Å². The van der Waals surface area contributed by atoms with Gasteiger partial charge < -0.3 is 9.74 Å². The number of benzene rings is 1. The van der Waals surface area contributed by atoms with E-state index in [9.17, 15) is 24.0 Å². The Labute approximate surface area is 291 Å². The summed E-state index contributed by atoms with van der Waals surface area (Å²) in [4.78, 5) is 76.0. The number of oxime groups is 1. The topological polar surface area (TPSA) is 110 Å². The molecule has 3 aliphatic rings. The summed E-state index contributed by atoms with van der Waals surface area (Å²) in [7, 11) is 0. The summed E-state index contributed by atoms with van der Waals surface area (Å²) >= 11 is 6.26. The van der Waals surface area contributed by atoms with Crippen LogP contribution in [-0.4, -0.2) is 57.8 Å². The Morgan fingerprint density at radius 3 is 2.42 bits per heavy atom. The van der Waals surface area contributed by atoms with Gasteiger partial charge in [0.15, 0.2) is 17.2 Å². The molecule has 0 aromatic heterocycles. The van der Waals surface area contributed by atoms with Crippen LogP contribution in [0.4, 0.5) is 0 Å². The average Bonchev–Trinajstić information content (AvgIpc) is 3.65. The summed E-state index contributed by atoms with van der Waals surface area (Å²) in [6, 6.07) is 6.48. The van der Waals surface area contributed by atoms with Gasteiger partial charge in [-0.05, 0) is 36.3 Å². The van der Waals surface area contributed by atoms with Crippen LogP contribution in [-0.2, 0) is 28.8 Å². The maximum absolute atomic E-state index is 14.6.